The highest BCUT2D eigenvalue weighted by Crippen LogP contribution is 2.31. The van der Waals surface area contributed by atoms with Crippen LogP contribution in [0.25, 0.3) is 33.9 Å². The number of nitrogens with zero attached hydrogens (tertiary/aromatic N) is 6. The van der Waals surface area contributed by atoms with Crippen LogP contribution in [0.3, 0.4) is 0 Å². The second kappa shape index (κ2) is 8.77. The molecule has 0 fully saturated rings. The Balaban J connectivity index is 1.98. The predicted octanol–water partition coefficient (Wildman–Crippen LogP) is 4.19. The minimum Gasteiger partial charge on any atom is -0.478 e. The van der Waals surface area contributed by atoms with Gasteiger partial charge in [-0.25, -0.2) is 9.78 Å². The molecule has 3 heterocycles. The van der Waals surface area contributed by atoms with Gasteiger partial charge >= 0.3 is 5.97 Å². The van der Waals surface area contributed by atoms with E-state index in [1.807, 2.05) is 24.3 Å². The van der Waals surface area contributed by atoms with Crippen molar-refractivity contribution in [1.82, 2.24) is 15.0 Å². The Morgan fingerprint density at radius 3 is 2.12 bits per heavy atom. The first-order chi connectivity index (χ1) is 16.0. The van der Waals surface area contributed by atoms with Crippen LogP contribution in [0.1, 0.15) is 27.0 Å². The molecule has 8 nitrogen and oxygen atoms in total. The second-order valence-electron chi connectivity index (χ2n) is 6.83. The molecule has 0 spiro atoms. The summed E-state index contributed by atoms with van der Waals surface area (Å²) in [6, 6.07) is 20.9. The van der Waals surface area contributed by atoms with Gasteiger partial charge in [-0.15, -0.1) is 0 Å². The largest absolute Gasteiger partial charge is 0.478 e. The van der Waals surface area contributed by atoms with Crippen LogP contribution in [-0.4, -0.2) is 26.0 Å². The lowest BCUT2D eigenvalue weighted by molar-refractivity contribution is 0.0697. The SMILES string of the molecule is N#Cc1cnc(-c2cc(-c3ccc(C(=O)O)cc3)cc(-c3ccccn3)n2)c(C#N)c1C#N. The summed E-state index contributed by atoms with van der Waals surface area (Å²) >= 11 is 0. The second-order valence-corrected chi connectivity index (χ2v) is 6.83. The van der Waals surface area contributed by atoms with Crippen LogP contribution in [0.2, 0.25) is 0 Å². The van der Waals surface area contributed by atoms with E-state index in [4.69, 9.17) is 0 Å². The average molecular weight is 428 g/mol. The van der Waals surface area contributed by atoms with Crippen LogP contribution >= 0.6 is 0 Å². The molecule has 0 amide bonds. The quantitative estimate of drug-likeness (QED) is 0.509. The summed E-state index contributed by atoms with van der Waals surface area (Å²) in [5, 5.41) is 37.7. The molecule has 1 aromatic carbocycles. The van der Waals surface area contributed by atoms with E-state index in [1.54, 1.807) is 42.6 Å². The van der Waals surface area contributed by atoms with Gasteiger partial charge < -0.3 is 5.11 Å². The Hall–Kier alpha value is -5.39. The number of carboxylic acids is 1. The van der Waals surface area contributed by atoms with Crippen LogP contribution in [0, 0.1) is 34.0 Å². The zero-order valence-corrected chi connectivity index (χ0v) is 16.9. The number of hydrogen-bond donors (Lipinski definition) is 1. The summed E-state index contributed by atoms with van der Waals surface area (Å²) in [5.74, 6) is -1.03. The molecule has 4 aromatic rings. The van der Waals surface area contributed by atoms with Crippen molar-refractivity contribution in [3.63, 3.8) is 0 Å². The maximum Gasteiger partial charge on any atom is 0.335 e. The molecule has 3 aromatic heterocycles. The molecule has 8 heteroatoms. The average Bonchev–Trinajstić information content (AvgIpc) is 2.87. The zero-order chi connectivity index (χ0) is 23.4. The fourth-order valence-corrected chi connectivity index (χ4v) is 3.28. The van der Waals surface area contributed by atoms with E-state index in [9.17, 15) is 25.7 Å². The minimum atomic E-state index is -1.03. The molecule has 0 saturated carbocycles. The van der Waals surface area contributed by atoms with E-state index in [0.29, 0.717) is 28.2 Å². The molecular weight excluding hydrogens is 416 g/mol. The molecule has 0 radical (unpaired) electrons. The Morgan fingerprint density at radius 1 is 0.788 bits per heavy atom. The van der Waals surface area contributed by atoms with Gasteiger partial charge in [-0.1, -0.05) is 18.2 Å². The Labute approximate surface area is 188 Å². The lowest BCUT2D eigenvalue weighted by Gasteiger charge is -2.11. The highest BCUT2D eigenvalue weighted by atomic mass is 16.4. The first-order valence-electron chi connectivity index (χ1n) is 9.56. The molecule has 0 unspecified atom stereocenters. The van der Waals surface area contributed by atoms with Crippen molar-refractivity contribution >= 4 is 5.97 Å². The van der Waals surface area contributed by atoms with Gasteiger partial charge in [-0.05, 0) is 47.5 Å². The van der Waals surface area contributed by atoms with Crippen LogP contribution in [0.5, 0.6) is 0 Å². The molecule has 154 valence electrons. The van der Waals surface area contributed by atoms with Crippen molar-refractivity contribution in [2.75, 3.05) is 0 Å². The molecule has 0 aliphatic rings. The fraction of sp³-hybridized carbons (Fsp3) is 0. The van der Waals surface area contributed by atoms with E-state index in [0.717, 1.165) is 0 Å². The third-order valence-corrected chi connectivity index (χ3v) is 4.88. The number of nitriles is 3. The summed E-state index contributed by atoms with van der Waals surface area (Å²) in [5.41, 5.74) is 2.99. The predicted molar refractivity (Wildman–Crippen MR) is 117 cm³/mol. The third kappa shape index (κ3) is 3.98. The summed E-state index contributed by atoms with van der Waals surface area (Å²) in [6.07, 6.45) is 2.87. The molecule has 33 heavy (non-hydrogen) atoms. The van der Waals surface area contributed by atoms with Crippen molar-refractivity contribution in [2.24, 2.45) is 0 Å². The first kappa shape index (κ1) is 20.9. The highest BCUT2D eigenvalue weighted by molar-refractivity contribution is 5.88. The molecular formula is C25H12N6O2. The standard InChI is InChI=1S/C25H12N6O2/c26-11-18-14-30-24(20(13-28)19(18)12-27)23-10-17(15-4-6-16(7-5-15)25(32)33)9-22(31-23)21-3-1-2-8-29-21/h1-10,14H,(H,32,33). The molecule has 0 bridgehead atoms. The van der Waals surface area contributed by atoms with Gasteiger partial charge in [-0.2, -0.15) is 15.8 Å². The van der Waals surface area contributed by atoms with Crippen LogP contribution in [-0.2, 0) is 0 Å². The summed E-state index contributed by atoms with van der Waals surface area (Å²) < 4.78 is 0. The maximum atomic E-state index is 11.2. The van der Waals surface area contributed by atoms with E-state index in [1.165, 1.54) is 18.3 Å². The number of carboxylic acid groups (broad SMARTS) is 1. The first-order valence-corrected chi connectivity index (χ1v) is 9.56. The number of aromatic carboxylic acids is 1. The smallest absolute Gasteiger partial charge is 0.335 e. The number of rotatable bonds is 4. The summed E-state index contributed by atoms with van der Waals surface area (Å²) in [6.45, 7) is 0. The van der Waals surface area contributed by atoms with Crippen molar-refractivity contribution in [2.45, 2.75) is 0 Å². The number of carbonyl (C=O) groups is 1. The Morgan fingerprint density at radius 2 is 1.52 bits per heavy atom. The van der Waals surface area contributed by atoms with Crippen LogP contribution in [0.15, 0.2) is 67.0 Å². The number of benzene rings is 1. The highest BCUT2D eigenvalue weighted by Gasteiger charge is 2.19. The van der Waals surface area contributed by atoms with Crippen molar-refractivity contribution in [3.05, 3.63) is 89.2 Å². The van der Waals surface area contributed by atoms with Crippen LogP contribution in [0.4, 0.5) is 0 Å². The summed E-state index contributed by atoms with van der Waals surface area (Å²) in [4.78, 5) is 24.4. The van der Waals surface area contributed by atoms with Crippen molar-refractivity contribution in [1.29, 1.82) is 15.8 Å². The molecule has 0 saturated heterocycles. The van der Waals surface area contributed by atoms with E-state index in [2.05, 4.69) is 15.0 Å². The van der Waals surface area contributed by atoms with Crippen LogP contribution < -0.4 is 0 Å². The molecule has 4 rings (SSSR count). The normalized spacial score (nSPS) is 9.97. The van der Waals surface area contributed by atoms with E-state index in [-0.39, 0.29) is 27.9 Å². The zero-order valence-electron chi connectivity index (χ0n) is 16.9. The minimum absolute atomic E-state index is 0.00293. The Bertz CT molecular complexity index is 1510. The topological polar surface area (TPSA) is 147 Å². The van der Waals surface area contributed by atoms with E-state index < -0.39 is 5.97 Å². The van der Waals surface area contributed by atoms with Gasteiger partial charge in [0.05, 0.1) is 39.3 Å². The van der Waals surface area contributed by atoms with Gasteiger partial charge in [0.15, 0.2) is 0 Å². The number of aromatic nitrogens is 3. The van der Waals surface area contributed by atoms with Gasteiger partial charge in [0.1, 0.15) is 23.9 Å². The van der Waals surface area contributed by atoms with Crippen molar-refractivity contribution < 1.29 is 9.90 Å². The third-order valence-electron chi connectivity index (χ3n) is 4.88. The van der Waals surface area contributed by atoms with E-state index >= 15 is 0 Å². The molecule has 1 N–H and O–H groups in total. The molecule has 0 aliphatic carbocycles. The van der Waals surface area contributed by atoms with Gasteiger partial charge in [0, 0.05) is 12.4 Å². The molecule has 0 aliphatic heterocycles. The van der Waals surface area contributed by atoms with Gasteiger partial charge in [-0.3, -0.25) is 9.97 Å². The van der Waals surface area contributed by atoms with Crippen molar-refractivity contribution in [3.8, 4) is 52.1 Å². The monoisotopic (exact) mass is 428 g/mol. The van der Waals surface area contributed by atoms with Gasteiger partial charge in [0.25, 0.3) is 0 Å². The fourth-order valence-electron chi connectivity index (χ4n) is 3.28. The number of hydrogen-bond acceptors (Lipinski definition) is 7. The number of pyridine rings is 3. The lowest BCUT2D eigenvalue weighted by Crippen LogP contribution is -2.00. The Kier molecular flexibility index (Phi) is 5.55. The van der Waals surface area contributed by atoms with Gasteiger partial charge in [0.2, 0.25) is 0 Å². The molecule has 0 atom stereocenters. The lowest BCUT2D eigenvalue weighted by atomic mass is 9.98. The summed E-state index contributed by atoms with van der Waals surface area (Å²) in [7, 11) is 0. The maximum absolute atomic E-state index is 11.2.